The molecular weight excluding hydrogens is 268 g/mol. The fourth-order valence-electron chi connectivity index (χ4n) is 1.70. The Balaban J connectivity index is 2.41. The molecule has 0 amide bonds. The lowest BCUT2D eigenvalue weighted by Gasteiger charge is -2.09. The number of thiol groups is 1. The Morgan fingerprint density at radius 1 is 1.63 bits per heavy atom. The summed E-state index contributed by atoms with van der Waals surface area (Å²) >= 11 is 4.35. The van der Waals surface area contributed by atoms with Crippen LogP contribution in [0.1, 0.15) is 23.7 Å². The van der Waals surface area contributed by atoms with Crippen molar-refractivity contribution in [3.05, 3.63) is 40.1 Å². The van der Waals surface area contributed by atoms with E-state index in [9.17, 15) is 10.1 Å². The highest BCUT2D eigenvalue weighted by molar-refractivity contribution is 7.80. The summed E-state index contributed by atoms with van der Waals surface area (Å²) in [6.07, 6.45) is 4.10. The fraction of sp³-hybridized carbons (Fsp3) is 0.300. The van der Waals surface area contributed by atoms with Crippen LogP contribution in [0.2, 0.25) is 0 Å². The number of rotatable bonds is 4. The van der Waals surface area contributed by atoms with Gasteiger partial charge in [0.2, 0.25) is 5.82 Å². The summed E-state index contributed by atoms with van der Waals surface area (Å²) in [7, 11) is 0. The Labute approximate surface area is 113 Å². The number of aromatic nitrogens is 4. The van der Waals surface area contributed by atoms with E-state index in [1.165, 1.54) is 27.8 Å². The van der Waals surface area contributed by atoms with E-state index in [0.29, 0.717) is 17.9 Å². The topological polar surface area (TPSA) is 103 Å². The number of hydrogen-bond donors (Lipinski definition) is 1. The van der Waals surface area contributed by atoms with Crippen molar-refractivity contribution in [3.8, 4) is 6.07 Å². The molecule has 0 aromatic carbocycles. The van der Waals surface area contributed by atoms with Gasteiger partial charge in [0.05, 0.1) is 18.3 Å². The van der Waals surface area contributed by atoms with Crippen molar-refractivity contribution in [2.24, 2.45) is 0 Å². The SMILES string of the molecule is CCn1c([N+](=O)[O-])cnc1C(S)n1cc(C#N)cn1. The second kappa shape index (κ2) is 5.11. The maximum absolute atomic E-state index is 10.9. The minimum atomic E-state index is -0.587. The lowest BCUT2D eigenvalue weighted by molar-refractivity contribution is -0.392. The highest BCUT2D eigenvalue weighted by Crippen LogP contribution is 2.25. The Bertz CT molecular complexity index is 655. The normalized spacial score (nSPS) is 12.1. The van der Waals surface area contributed by atoms with Crippen LogP contribution in [0.15, 0.2) is 18.6 Å². The van der Waals surface area contributed by atoms with E-state index < -0.39 is 10.3 Å². The molecule has 0 saturated heterocycles. The van der Waals surface area contributed by atoms with Crippen LogP contribution in [-0.2, 0) is 6.54 Å². The van der Waals surface area contributed by atoms with Gasteiger partial charge in [-0.25, -0.2) is 14.2 Å². The summed E-state index contributed by atoms with van der Waals surface area (Å²) in [4.78, 5) is 14.4. The quantitative estimate of drug-likeness (QED) is 0.516. The monoisotopic (exact) mass is 278 g/mol. The molecule has 0 spiro atoms. The van der Waals surface area contributed by atoms with E-state index in [0.717, 1.165) is 0 Å². The van der Waals surface area contributed by atoms with Crippen LogP contribution in [0.5, 0.6) is 0 Å². The zero-order valence-electron chi connectivity index (χ0n) is 9.96. The summed E-state index contributed by atoms with van der Waals surface area (Å²) in [6, 6.07) is 1.95. The van der Waals surface area contributed by atoms with Gasteiger partial charge in [-0.2, -0.15) is 10.4 Å². The predicted octanol–water partition coefficient (Wildman–Crippen LogP) is 1.36. The molecule has 9 heteroatoms. The largest absolute Gasteiger partial charge is 0.358 e. The summed E-state index contributed by atoms with van der Waals surface area (Å²) in [5.74, 6) is 0.314. The van der Waals surface area contributed by atoms with Crippen LogP contribution < -0.4 is 0 Å². The van der Waals surface area contributed by atoms with Crippen LogP contribution >= 0.6 is 12.6 Å². The molecule has 2 aromatic rings. The third-order valence-electron chi connectivity index (χ3n) is 2.58. The smallest absolute Gasteiger partial charge is 0.342 e. The molecule has 0 N–H and O–H groups in total. The summed E-state index contributed by atoms with van der Waals surface area (Å²) in [5, 5.41) is 23.0. The van der Waals surface area contributed by atoms with Gasteiger partial charge in [-0.3, -0.25) is 0 Å². The number of nitro groups is 1. The summed E-state index contributed by atoms with van der Waals surface area (Å²) in [6.45, 7) is 2.18. The summed E-state index contributed by atoms with van der Waals surface area (Å²) < 4.78 is 2.88. The average Bonchev–Trinajstić information content (AvgIpc) is 3.03. The number of nitriles is 1. The van der Waals surface area contributed by atoms with Gasteiger partial charge in [0.25, 0.3) is 0 Å². The van der Waals surface area contributed by atoms with Crippen molar-refractivity contribution in [1.29, 1.82) is 5.26 Å². The van der Waals surface area contributed by atoms with Crippen molar-refractivity contribution in [2.75, 3.05) is 0 Å². The zero-order chi connectivity index (χ0) is 14.0. The van der Waals surface area contributed by atoms with Crippen molar-refractivity contribution in [2.45, 2.75) is 18.8 Å². The first-order valence-electron chi connectivity index (χ1n) is 5.40. The molecule has 2 heterocycles. The lowest BCUT2D eigenvalue weighted by atomic mass is 10.4. The molecule has 0 aliphatic rings. The van der Waals surface area contributed by atoms with Gasteiger partial charge in [0.15, 0.2) is 5.37 Å². The molecule has 0 saturated carbocycles. The third kappa shape index (κ3) is 2.30. The van der Waals surface area contributed by atoms with E-state index in [1.54, 1.807) is 6.92 Å². The van der Waals surface area contributed by atoms with Crippen molar-refractivity contribution >= 4 is 18.4 Å². The van der Waals surface area contributed by atoms with Crippen LogP contribution in [0.4, 0.5) is 5.82 Å². The van der Waals surface area contributed by atoms with Crippen LogP contribution in [0.25, 0.3) is 0 Å². The second-order valence-electron chi connectivity index (χ2n) is 3.67. The minimum Gasteiger partial charge on any atom is -0.358 e. The molecule has 0 fully saturated rings. The number of imidazole rings is 1. The predicted molar refractivity (Wildman–Crippen MR) is 68.6 cm³/mol. The molecule has 19 heavy (non-hydrogen) atoms. The fourth-order valence-corrected chi connectivity index (χ4v) is 2.04. The first-order chi connectivity index (χ1) is 9.08. The lowest BCUT2D eigenvalue weighted by Crippen LogP contribution is -2.13. The molecule has 0 aliphatic heterocycles. The molecule has 8 nitrogen and oxygen atoms in total. The first kappa shape index (κ1) is 13.1. The molecule has 2 rings (SSSR count). The summed E-state index contributed by atoms with van der Waals surface area (Å²) in [5.41, 5.74) is 0.392. The Kier molecular flexibility index (Phi) is 3.52. The van der Waals surface area contributed by atoms with Crippen molar-refractivity contribution in [3.63, 3.8) is 0 Å². The van der Waals surface area contributed by atoms with Gasteiger partial charge in [-0.15, -0.1) is 12.6 Å². The number of nitrogens with zero attached hydrogens (tertiary/aromatic N) is 6. The van der Waals surface area contributed by atoms with E-state index in [2.05, 4.69) is 22.7 Å². The Morgan fingerprint density at radius 3 is 2.89 bits per heavy atom. The Morgan fingerprint density at radius 2 is 2.37 bits per heavy atom. The van der Waals surface area contributed by atoms with Gasteiger partial charge in [0, 0.05) is 6.20 Å². The van der Waals surface area contributed by atoms with Crippen LogP contribution in [-0.4, -0.2) is 24.3 Å². The molecule has 1 unspecified atom stereocenters. The molecule has 0 aliphatic carbocycles. The first-order valence-corrected chi connectivity index (χ1v) is 5.92. The highest BCUT2D eigenvalue weighted by atomic mass is 32.1. The van der Waals surface area contributed by atoms with Gasteiger partial charge < -0.3 is 10.1 Å². The van der Waals surface area contributed by atoms with Gasteiger partial charge in [-0.05, 0) is 11.8 Å². The number of hydrogen-bond acceptors (Lipinski definition) is 6. The molecule has 98 valence electrons. The maximum atomic E-state index is 10.9. The Hall–Kier alpha value is -2.34. The molecule has 0 radical (unpaired) electrons. The van der Waals surface area contributed by atoms with Crippen LogP contribution in [0, 0.1) is 21.4 Å². The van der Waals surface area contributed by atoms with E-state index in [-0.39, 0.29) is 5.82 Å². The van der Waals surface area contributed by atoms with Crippen molar-refractivity contribution in [1.82, 2.24) is 19.3 Å². The van der Waals surface area contributed by atoms with E-state index in [4.69, 9.17) is 5.26 Å². The van der Waals surface area contributed by atoms with Gasteiger partial charge in [0.1, 0.15) is 12.3 Å². The maximum Gasteiger partial charge on any atom is 0.342 e. The van der Waals surface area contributed by atoms with Crippen LogP contribution in [0.3, 0.4) is 0 Å². The second-order valence-corrected chi connectivity index (χ2v) is 4.16. The van der Waals surface area contributed by atoms with Gasteiger partial charge >= 0.3 is 5.82 Å². The molecule has 1 atom stereocenters. The third-order valence-corrected chi connectivity index (χ3v) is 3.05. The molecule has 0 bridgehead atoms. The van der Waals surface area contributed by atoms with Crippen molar-refractivity contribution < 1.29 is 4.92 Å². The minimum absolute atomic E-state index is 0.0933. The average molecular weight is 278 g/mol. The highest BCUT2D eigenvalue weighted by Gasteiger charge is 2.25. The molecular formula is C10H10N6O2S. The zero-order valence-corrected chi connectivity index (χ0v) is 10.9. The van der Waals surface area contributed by atoms with E-state index in [1.807, 2.05) is 6.07 Å². The standard InChI is InChI=1S/C10H10N6O2S/c1-2-14-8(16(17)18)5-12-9(14)10(19)15-6-7(3-11)4-13-15/h4-6,10,19H,2H2,1H3. The molecule has 2 aromatic heterocycles. The van der Waals surface area contributed by atoms with E-state index >= 15 is 0 Å². The van der Waals surface area contributed by atoms with Gasteiger partial charge in [-0.1, -0.05) is 0 Å².